The zero-order valence-electron chi connectivity index (χ0n) is 12.6. The quantitative estimate of drug-likeness (QED) is 0.862. The lowest BCUT2D eigenvalue weighted by Gasteiger charge is -2.08. The molecule has 1 amide bonds. The molecule has 4 nitrogen and oxygen atoms in total. The van der Waals surface area contributed by atoms with Gasteiger partial charge < -0.3 is 5.32 Å². The molecule has 0 saturated carbocycles. The lowest BCUT2D eigenvalue weighted by Crippen LogP contribution is -2.24. The summed E-state index contributed by atoms with van der Waals surface area (Å²) in [4.78, 5) is 16.3. The highest BCUT2D eigenvalue weighted by Crippen LogP contribution is 2.23. The van der Waals surface area contributed by atoms with Crippen LogP contribution in [0.5, 0.6) is 0 Å². The van der Waals surface area contributed by atoms with Gasteiger partial charge in [0, 0.05) is 12.2 Å². The highest BCUT2D eigenvalue weighted by Gasteiger charge is 2.11. The molecule has 0 aliphatic carbocycles. The number of rotatable bonds is 5. The van der Waals surface area contributed by atoms with Crippen molar-refractivity contribution in [3.05, 3.63) is 58.8 Å². The van der Waals surface area contributed by atoms with Gasteiger partial charge >= 0.3 is 0 Å². The number of carbonyl (C=O) groups excluding carboxylic acids is 1. The molecule has 0 aliphatic rings. The lowest BCUT2D eigenvalue weighted by molar-refractivity contribution is -0.118. The van der Waals surface area contributed by atoms with Gasteiger partial charge in [-0.15, -0.1) is 0 Å². The molecule has 22 heavy (non-hydrogen) atoms. The fourth-order valence-electron chi connectivity index (χ4n) is 2.02. The number of hydrogen-bond acceptors (Lipinski definition) is 4. The van der Waals surface area contributed by atoms with Crippen molar-refractivity contribution in [1.82, 2.24) is 10.3 Å². The van der Waals surface area contributed by atoms with Gasteiger partial charge in [0.15, 0.2) is 0 Å². The maximum Gasteiger partial charge on any atom is 0.230 e. The molecule has 0 unspecified atom stereocenters. The number of aryl methyl sites for hydroxylation is 2. The van der Waals surface area contributed by atoms with E-state index in [-0.39, 0.29) is 11.7 Å². The number of thioether (sulfide) groups is 1. The highest BCUT2D eigenvalue weighted by atomic mass is 32.2. The standard InChI is InChI=1S/C17H17N3OS/c1-12-8-13(2)20-17(15(12)9-18)22-11-16(21)19-10-14-6-4-3-5-7-14/h3-8H,10-11H2,1-2H3,(H,19,21). The normalized spacial score (nSPS) is 10.0. The molecule has 0 fully saturated rings. The zero-order chi connectivity index (χ0) is 15.9. The van der Waals surface area contributed by atoms with Crippen molar-refractivity contribution in [1.29, 1.82) is 5.26 Å². The van der Waals surface area contributed by atoms with Crippen LogP contribution in [0.2, 0.25) is 0 Å². The fourth-order valence-corrected chi connectivity index (χ4v) is 2.95. The first kappa shape index (κ1) is 16.1. The van der Waals surface area contributed by atoms with Gasteiger partial charge in [-0.25, -0.2) is 4.98 Å². The summed E-state index contributed by atoms with van der Waals surface area (Å²) >= 11 is 1.30. The van der Waals surface area contributed by atoms with Crippen molar-refractivity contribution in [2.24, 2.45) is 0 Å². The average molecular weight is 311 g/mol. The van der Waals surface area contributed by atoms with E-state index in [2.05, 4.69) is 16.4 Å². The Morgan fingerprint density at radius 2 is 2.05 bits per heavy atom. The molecule has 1 N–H and O–H groups in total. The molecule has 0 aliphatic heterocycles. The summed E-state index contributed by atoms with van der Waals surface area (Å²) in [6.07, 6.45) is 0. The Morgan fingerprint density at radius 3 is 2.73 bits per heavy atom. The summed E-state index contributed by atoms with van der Waals surface area (Å²) < 4.78 is 0. The molecule has 5 heteroatoms. The molecule has 0 spiro atoms. The number of hydrogen-bond donors (Lipinski definition) is 1. The van der Waals surface area contributed by atoms with Crippen LogP contribution < -0.4 is 5.32 Å². The first-order valence-electron chi connectivity index (χ1n) is 6.92. The van der Waals surface area contributed by atoms with Gasteiger partial charge in [0.2, 0.25) is 5.91 Å². The van der Waals surface area contributed by atoms with Crippen molar-refractivity contribution in [3.63, 3.8) is 0 Å². The van der Waals surface area contributed by atoms with E-state index in [9.17, 15) is 10.1 Å². The smallest absolute Gasteiger partial charge is 0.230 e. The molecule has 1 heterocycles. The summed E-state index contributed by atoms with van der Waals surface area (Å²) in [6, 6.07) is 13.8. The number of nitrogens with one attached hydrogen (secondary N) is 1. The first-order valence-corrected chi connectivity index (χ1v) is 7.90. The number of nitrogens with zero attached hydrogens (tertiary/aromatic N) is 2. The second-order valence-electron chi connectivity index (χ2n) is 4.92. The van der Waals surface area contributed by atoms with E-state index in [0.29, 0.717) is 17.1 Å². The van der Waals surface area contributed by atoms with E-state index in [1.54, 1.807) is 0 Å². The molecule has 0 saturated heterocycles. The fraction of sp³-hybridized carbons (Fsp3) is 0.235. The zero-order valence-corrected chi connectivity index (χ0v) is 13.4. The summed E-state index contributed by atoms with van der Waals surface area (Å²) in [5.41, 5.74) is 3.35. The van der Waals surface area contributed by atoms with Crippen LogP contribution >= 0.6 is 11.8 Å². The highest BCUT2D eigenvalue weighted by molar-refractivity contribution is 8.00. The minimum atomic E-state index is -0.0706. The maximum absolute atomic E-state index is 11.9. The molecule has 1 aromatic carbocycles. The molecule has 0 bridgehead atoms. The van der Waals surface area contributed by atoms with Gasteiger partial charge in [0.25, 0.3) is 0 Å². The van der Waals surface area contributed by atoms with Gasteiger partial charge in [-0.3, -0.25) is 4.79 Å². The molecule has 1 aromatic heterocycles. The summed E-state index contributed by atoms with van der Waals surface area (Å²) in [6.45, 7) is 4.27. The minimum Gasteiger partial charge on any atom is -0.351 e. The van der Waals surface area contributed by atoms with Gasteiger partial charge in [0.05, 0.1) is 11.3 Å². The SMILES string of the molecule is Cc1cc(C)c(C#N)c(SCC(=O)NCc2ccccc2)n1. The van der Waals surface area contributed by atoms with E-state index in [1.165, 1.54) is 11.8 Å². The second kappa shape index (κ2) is 7.62. The van der Waals surface area contributed by atoms with Crippen LogP contribution in [0.25, 0.3) is 0 Å². The van der Waals surface area contributed by atoms with Crippen LogP contribution in [0, 0.1) is 25.2 Å². The Balaban J connectivity index is 1.93. The molecule has 2 rings (SSSR count). The van der Waals surface area contributed by atoms with Crippen LogP contribution in [0.1, 0.15) is 22.4 Å². The van der Waals surface area contributed by atoms with E-state index in [0.717, 1.165) is 16.8 Å². The molecule has 0 radical (unpaired) electrons. The van der Waals surface area contributed by atoms with Crippen LogP contribution in [0.3, 0.4) is 0 Å². The lowest BCUT2D eigenvalue weighted by atomic mass is 10.1. The molecular formula is C17H17N3OS. The molecule has 0 atom stereocenters. The molecule has 112 valence electrons. The number of carbonyl (C=O) groups is 1. The van der Waals surface area contributed by atoms with Crippen molar-refractivity contribution < 1.29 is 4.79 Å². The first-order chi connectivity index (χ1) is 10.6. The van der Waals surface area contributed by atoms with Crippen molar-refractivity contribution in [2.75, 3.05) is 5.75 Å². The Labute approximate surface area is 134 Å². The molecule has 2 aromatic rings. The number of nitriles is 1. The van der Waals surface area contributed by atoms with Gasteiger partial charge in [-0.2, -0.15) is 5.26 Å². The third-order valence-corrected chi connectivity index (χ3v) is 4.07. The van der Waals surface area contributed by atoms with E-state index >= 15 is 0 Å². The summed E-state index contributed by atoms with van der Waals surface area (Å²) in [5.74, 6) is 0.177. The predicted molar refractivity (Wildman–Crippen MR) is 87.4 cm³/mol. The Bertz CT molecular complexity index is 708. The Kier molecular flexibility index (Phi) is 5.56. The average Bonchev–Trinajstić information content (AvgIpc) is 2.51. The topological polar surface area (TPSA) is 65.8 Å². The van der Waals surface area contributed by atoms with Crippen LogP contribution in [0.15, 0.2) is 41.4 Å². The maximum atomic E-state index is 11.9. The van der Waals surface area contributed by atoms with Crippen LogP contribution in [-0.2, 0) is 11.3 Å². The third-order valence-electron chi connectivity index (χ3n) is 3.10. The van der Waals surface area contributed by atoms with Crippen molar-refractivity contribution >= 4 is 17.7 Å². The van der Waals surface area contributed by atoms with Gasteiger partial charge in [-0.05, 0) is 31.0 Å². The Morgan fingerprint density at radius 1 is 1.32 bits per heavy atom. The molecular weight excluding hydrogens is 294 g/mol. The van der Waals surface area contributed by atoms with Crippen LogP contribution in [0.4, 0.5) is 0 Å². The van der Waals surface area contributed by atoms with Crippen molar-refractivity contribution in [3.8, 4) is 6.07 Å². The Hall–Kier alpha value is -2.32. The summed E-state index contributed by atoms with van der Waals surface area (Å²) in [7, 11) is 0. The van der Waals surface area contributed by atoms with E-state index in [4.69, 9.17) is 0 Å². The van der Waals surface area contributed by atoms with Gasteiger partial charge in [0.1, 0.15) is 11.1 Å². The second-order valence-corrected chi connectivity index (χ2v) is 5.89. The third kappa shape index (κ3) is 4.34. The minimum absolute atomic E-state index is 0.0706. The van der Waals surface area contributed by atoms with Crippen molar-refractivity contribution in [2.45, 2.75) is 25.4 Å². The van der Waals surface area contributed by atoms with Crippen LogP contribution in [-0.4, -0.2) is 16.6 Å². The number of pyridine rings is 1. The van der Waals surface area contributed by atoms with E-state index in [1.807, 2.05) is 50.2 Å². The number of benzene rings is 1. The monoisotopic (exact) mass is 311 g/mol. The number of aromatic nitrogens is 1. The summed E-state index contributed by atoms with van der Waals surface area (Å²) in [5, 5.41) is 12.7. The number of amides is 1. The largest absolute Gasteiger partial charge is 0.351 e. The van der Waals surface area contributed by atoms with Gasteiger partial charge in [-0.1, -0.05) is 42.1 Å². The van der Waals surface area contributed by atoms with E-state index < -0.39 is 0 Å². The predicted octanol–water partition coefficient (Wildman–Crippen LogP) is 2.98.